The maximum Gasteiger partial charge on any atom is 0.236 e. The zero-order chi connectivity index (χ0) is 11.4. The third kappa shape index (κ3) is 2.85. The fourth-order valence-corrected chi connectivity index (χ4v) is 2.62. The first-order valence-corrected chi connectivity index (χ1v) is 6.42. The summed E-state index contributed by atoms with van der Waals surface area (Å²) < 4.78 is 0. The van der Waals surface area contributed by atoms with Crippen molar-refractivity contribution < 1.29 is 4.79 Å². The fraction of sp³-hybridized carbons (Fsp3) is 0.769. The maximum atomic E-state index is 12.0. The summed E-state index contributed by atoms with van der Waals surface area (Å²) in [5.41, 5.74) is 0. The number of rotatable bonds is 3. The van der Waals surface area contributed by atoms with Gasteiger partial charge >= 0.3 is 0 Å². The predicted octanol–water partition coefficient (Wildman–Crippen LogP) is 1.51. The zero-order valence-corrected chi connectivity index (χ0v) is 10.0. The summed E-state index contributed by atoms with van der Waals surface area (Å²) in [5, 5.41) is 0. The quantitative estimate of drug-likeness (QED) is 0.676. The molecule has 3 nitrogen and oxygen atoms in total. The van der Waals surface area contributed by atoms with Crippen LogP contribution in [0, 0.1) is 5.92 Å². The van der Waals surface area contributed by atoms with E-state index < -0.39 is 0 Å². The average molecular weight is 222 g/mol. The molecule has 2 saturated heterocycles. The summed E-state index contributed by atoms with van der Waals surface area (Å²) in [6.45, 7) is 8.52. The minimum absolute atomic E-state index is 0.324. The van der Waals surface area contributed by atoms with Gasteiger partial charge in [-0.25, -0.2) is 0 Å². The van der Waals surface area contributed by atoms with Crippen molar-refractivity contribution in [2.24, 2.45) is 5.92 Å². The predicted molar refractivity (Wildman–Crippen MR) is 65.2 cm³/mol. The van der Waals surface area contributed by atoms with Crippen LogP contribution in [0.2, 0.25) is 0 Å². The van der Waals surface area contributed by atoms with Crippen molar-refractivity contribution >= 4 is 5.91 Å². The Morgan fingerprint density at radius 1 is 1.19 bits per heavy atom. The summed E-state index contributed by atoms with van der Waals surface area (Å²) in [4.78, 5) is 16.3. The van der Waals surface area contributed by atoms with Crippen LogP contribution < -0.4 is 0 Å². The molecule has 90 valence electrons. The highest BCUT2D eigenvalue weighted by molar-refractivity contribution is 5.78. The van der Waals surface area contributed by atoms with E-state index in [0.29, 0.717) is 18.4 Å². The van der Waals surface area contributed by atoms with Crippen LogP contribution in [0.25, 0.3) is 0 Å². The first-order valence-electron chi connectivity index (χ1n) is 6.42. The Balaban J connectivity index is 1.75. The van der Waals surface area contributed by atoms with Crippen LogP contribution in [0.4, 0.5) is 0 Å². The average Bonchev–Trinajstić information content (AvgIpc) is 2.82. The second-order valence-corrected chi connectivity index (χ2v) is 4.94. The molecule has 0 aromatic carbocycles. The Morgan fingerprint density at radius 3 is 2.38 bits per heavy atom. The number of amides is 1. The molecular weight excluding hydrogens is 200 g/mol. The molecule has 0 radical (unpaired) electrons. The van der Waals surface area contributed by atoms with E-state index in [2.05, 4.69) is 11.5 Å². The molecule has 2 rings (SSSR count). The number of piperidine rings is 1. The summed E-state index contributed by atoms with van der Waals surface area (Å²) >= 11 is 0. The van der Waals surface area contributed by atoms with Gasteiger partial charge in [-0.15, -0.1) is 6.58 Å². The van der Waals surface area contributed by atoms with E-state index in [1.807, 2.05) is 11.0 Å². The van der Waals surface area contributed by atoms with Gasteiger partial charge in [0.2, 0.25) is 5.91 Å². The van der Waals surface area contributed by atoms with Crippen molar-refractivity contribution in [3.63, 3.8) is 0 Å². The van der Waals surface area contributed by atoms with Crippen molar-refractivity contribution in [2.45, 2.75) is 25.7 Å². The topological polar surface area (TPSA) is 23.6 Å². The maximum absolute atomic E-state index is 12.0. The number of hydrogen-bond acceptors (Lipinski definition) is 2. The number of nitrogens with zero attached hydrogens (tertiary/aromatic N) is 2. The van der Waals surface area contributed by atoms with Crippen LogP contribution >= 0.6 is 0 Å². The van der Waals surface area contributed by atoms with Gasteiger partial charge in [-0.2, -0.15) is 0 Å². The van der Waals surface area contributed by atoms with Crippen LogP contribution in [0.15, 0.2) is 12.7 Å². The molecule has 0 aromatic heterocycles. The fourth-order valence-electron chi connectivity index (χ4n) is 2.62. The Kier molecular flexibility index (Phi) is 3.99. The van der Waals surface area contributed by atoms with Gasteiger partial charge in [-0.05, 0) is 44.7 Å². The van der Waals surface area contributed by atoms with Crippen molar-refractivity contribution in [3.05, 3.63) is 12.7 Å². The zero-order valence-electron chi connectivity index (χ0n) is 10.0. The van der Waals surface area contributed by atoms with Gasteiger partial charge in [0.05, 0.1) is 6.54 Å². The van der Waals surface area contributed by atoms with Crippen LogP contribution in [-0.2, 0) is 4.79 Å². The Morgan fingerprint density at radius 2 is 1.81 bits per heavy atom. The number of carbonyl (C=O) groups excluding carboxylic acids is 1. The van der Waals surface area contributed by atoms with E-state index in [0.717, 1.165) is 39.0 Å². The second-order valence-electron chi connectivity index (χ2n) is 4.94. The minimum atomic E-state index is 0.324. The number of allylic oxidation sites excluding steroid dienone is 1. The van der Waals surface area contributed by atoms with Crippen LogP contribution in [0.5, 0.6) is 0 Å². The molecule has 0 unspecified atom stereocenters. The van der Waals surface area contributed by atoms with E-state index in [1.54, 1.807) is 0 Å². The van der Waals surface area contributed by atoms with Gasteiger partial charge in [-0.3, -0.25) is 9.69 Å². The third-order valence-corrected chi connectivity index (χ3v) is 3.78. The molecule has 2 heterocycles. The summed E-state index contributed by atoms with van der Waals surface area (Å²) in [7, 11) is 0. The molecule has 2 aliphatic heterocycles. The lowest BCUT2D eigenvalue weighted by atomic mass is 9.97. The smallest absolute Gasteiger partial charge is 0.236 e. The van der Waals surface area contributed by atoms with Crippen LogP contribution in [-0.4, -0.2) is 48.4 Å². The molecule has 0 N–H and O–H groups in total. The standard InChI is InChI=1S/C13H22N2O/c1-2-12-5-9-15(10-6-12)13(16)11-14-7-3-4-8-14/h2,12H,1,3-11H2. The summed E-state index contributed by atoms with van der Waals surface area (Å²) in [5.74, 6) is 0.945. The van der Waals surface area contributed by atoms with Crippen molar-refractivity contribution in [2.75, 3.05) is 32.7 Å². The third-order valence-electron chi connectivity index (χ3n) is 3.78. The highest BCUT2D eigenvalue weighted by atomic mass is 16.2. The first kappa shape index (κ1) is 11.6. The lowest BCUT2D eigenvalue weighted by molar-refractivity contribution is -0.133. The van der Waals surface area contributed by atoms with Crippen molar-refractivity contribution in [3.8, 4) is 0 Å². The van der Waals surface area contributed by atoms with Gasteiger partial charge in [0.15, 0.2) is 0 Å². The number of hydrogen-bond donors (Lipinski definition) is 0. The molecule has 1 amide bonds. The van der Waals surface area contributed by atoms with Gasteiger partial charge in [0, 0.05) is 13.1 Å². The highest BCUT2D eigenvalue weighted by Crippen LogP contribution is 2.18. The van der Waals surface area contributed by atoms with E-state index in [1.165, 1.54) is 12.8 Å². The SMILES string of the molecule is C=CC1CCN(C(=O)CN2CCCC2)CC1. The Labute approximate surface area is 98.1 Å². The lowest BCUT2D eigenvalue weighted by Gasteiger charge is -2.31. The molecule has 0 aliphatic carbocycles. The van der Waals surface area contributed by atoms with E-state index in [-0.39, 0.29) is 0 Å². The molecule has 0 atom stereocenters. The van der Waals surface area contributed by atoms with Gasteiger partial charge in [-0.1, -0.05) is 6.08 Å². The van der Waals surface area contributed by atoms with E-state index >= 15 is 0 Å². The van der Waals surface area contributed by atoms with Gasteiger partial charge in [0.25, 0.3) is 0 Å². The van der Waals surface area contributed by atoms with Crippen molar-refractivity contribution in [1.82, 2.24) is 9.80 Å². The molecule has 0 spiro atoms. The molecule has 2 aliphatic rings. The van der Waals surface area contributed by atoms with E-state index in [4.69, 9.17) is 0 Å². The monoisotopic (exact) mass is 222 g/mol. The number of likely N-dealkylation sites (tertiary alicyclic amines) is 2. The second kappa shape index (κ2) is 5.48. The summed E-state index contributed by atoms with van der Waals surface area (Å²) in [6, 6.07) is 0. The molecule has 3 heteroatoms. The Bertz CT molecular complexity index is 251. The van der Waals surface area contributed by atoms with Gasteiger partial charge in [0.1, 0.15) is 0 Å². The van der Waals surface area contributed by atoms with Crippen molar-refractivity contribution in [1.29, 1.82) is 0 Å². The molecular formula is C13H22N2O. The molecule has 0 aromatic rings. The normalized spacial score (nSPS) is 23.6. The van der Waals surface area contributed by atoms with Crippen LogP contribution in [0.3, 0.4) is 0 Å². The highest BCUT2D eigenvalue weighted by Gasteiger charge is 2.23. The summed E-state index contributed by atoms with van der Waals surface area (Å²) in [6.07, 6.45) is 6.73. The number of carbonyl (C=O) groups is 1. The van der Waals surface area contributed by atoms with Gasteiger partial charge < -0.3 is 4.90 Å². The largest absolute Gasteiger partial charge is 0.342 e. The van der Waals surface area contributed by atoms with Crippen LogP contribution in [0.1, 0.15) is 25.7 Å². The Hall–Kier alpha value is -0.830. The lowest BCUT2D eigenvalue weighted by Crippen LogP contribution is -2.43. The van der Waals surface area contributed by atoms with E-state index in [9.17, 15) is 4.79 Å². The molecule has 16 heavy (non-hydrogen) atoms. The molecule has 0 bridgehead atoms. The molecule has 0 saturated carbocycles. The molecule has 2 fully saturated rings. The first-order chi connectivity index (χ1) is 7.79. The minimum Gasteiger partial charge on any atom is -0.342 e.